The first-order valence-corrected chi connectivity index (χ1v) is 5.19. The van der Waals surface area contributed by atoms with Crippen LogP contribution in [0.1, 0.15) is 11.6 Å². The predicted molar refractivity (Wildman–Crippen MR) is 56.0 cm³/mol. The Morgan fingerprint density at radius 1 is 1.38 bits per heavy atom. The maximum atomic E-state index is 12.1. The first-order chi connectivity index (χ1) is 7.33. The Hall–Kier alpha value is -0.920. The minimum Gasteiger partial charge on any atom is -0.508 e. The fourth-order valence-corrected chi connectivity index (χ4v) is 1.74. The van der Waals surface area contributed by atoms with Crippen LogP contribution in [0, 0.1) is 0 Å². The molecule has 0 aliphatic heterocycles. The molecule has 0 saturated carbocycles. The van der Waals surface area contributed by atoms with Crippen LogP contribution >= 0.6 is 11.8 Å². The highest BCUT2D eigenvalue weighted by molar-refractivity contribution is 8.00. The van der Waals surface area contributed by atoms with E-state index in [1.165, 1.54) is 18.2 Å². The monoisotopic (exact) mass is 252 g/mol. The number of halogens is 3. The molecule has 1 rings (SSSR count). The zero-order chi connectivity index (χ0) is 12.3. The Labute approximate surface area is 94.6 Å². The predicted octanol–water partition coefficient (Wildman–Crippen LogP) is 1.96. The van der Waals surface area contributed by atoms with Gasteiger partial charge in [0.1, 0.15) is 5.75 Å². The van der Waals surface area contributed by atoms with Crippen molar-refractivity contribution in [2.24, 2.45) is 11.5 Å². The van der Waals surface area contributed by atoms with Gasteiger partial charge in [0.15, 0.2) is 0 Å². The number of nitrogens with two attached hydrogens (primary N) is 2. The first kappa shape index (κ1) is 13.1. The van der Waals surface area contributed by atoms with Gasteiger partial charge < -0.3 is 16.6 Å². The lowest BCUT2D eigenvalue weighted by molar-refractivity contribution is -0.0328. The standard InChI is InChI=1S/C9H11F3N2OS/c10-9(11,12)16-5-1-2-8(15)6(3-5)7(14)4-13/h1-3,7,15H,4,13-14H2/t7-/m0/s1. The van der Waals surface area contributed by atoms with Gasteiger partial charge in [-0.2, -0.15) is 13.2 Å². The van der Waals surface area contributed by atoms with Crippen LogP contribution in [0.3, 0.4) is 0 Å². The fourth-order valence-electron chi connectivity index (χ4n) is 1.15. The lowest BCUT2D eigenvalue weighted by Gasteiger charge is -2.13. The first-order valence-electron chi connectivity index (χ1n) is 4.38. The molecule has 16 heavy (non-hydrogen) atoms. The number of alkyl halides is 3. The van der Waals surface area contributed by atoms with Crippen LogP contribution in [0.2, 0.25) is 0 Å². The minimum atomic E-state index is -4.36. The van der Waals surface area contributed by atoms with Crippen LogP contribution in [-0.4, -0.2) is 17.2 Å². The lowest BCUT2D eigenvalue weighted by Crippen LogP contribution is -2.20. The summed E-state index contributed by atoms with van der Waals surface area (Å²) in [5.41, 5.74) is 6.70. The van der Waals surface area contributed by atoms with Gasteiger partial charge in [-0.3, -0.25) is 0 Å². The molecule has 0 unspecified atom stereocenters. The highest BCUT2D eigenvalue weighted by Crippen LogP contribution is 2.38. The van der Waals surface area contributed by atoms with Gasteiger partial charge in [0.2, 0.25) is 0 Å². The molecule has 0 fully saturated rings. The molecular weight excluding hydrogens is 241 g/mol. The van der Waals surface area contributed by atoms with Gasteiger partial charge in [-0.25, -0.2) is 0 Å². The lowest BCUT2D eigenvalue weighted by atomic mass is 10.1. The van der Waals surface area contributed by atoms with Crippen molar-refractivity contribution in [1.82, 2.24) is 0 Å². The number of benzene rings is 1. The van der Waals surface area contributed by atoms with Crippen molar-refractivity contribution in [3.05, 3.63) is 23.8 Å². The molecule has 0 amide bonds. The average molecular weight is 252 g/mol. The van der Waals surface area contributed by atoms with Gasteiger partial charge in [-0.1, -0.05) is 0 Å². The molecule has 1 aromatic rings. The second kappa shape index (κ2) is 4.94. The molecule has 5 N–H and O–H groups in total. The Kier molecular flexibility index (Phi) is 4.06. The van der Waals surface area contributed by atoms with E-state index in [0.717, 1.165) is 0 Å². The van der Waals surface area contributed by atoms with Gasteiger partial charge in [0.05, 0.1) is 0 Å². The zero-order valence-electron chi connectivity index (χ0n) is 8.16. The number of phenolic OH excluding ortho intramolecular Hbond substituents is 1. The van der Waals surface area contributed by atoms with E-state index in [-0.39, 0.29) is 34.5 Å². The summed E-state index contributed by atoms with van der Waals surface area (Å²) in [6.07, 6.45) is 0. The van der Waals surface area contributed by atoms with E-state index < -0.39 is 11.6 Å². The molecule has 0 heterocycles. The third-order valence-corrected chi connectivity index (χ3v) is 2.61. The van der Waals surface area contributed by atoms with E-state index in [9.17, 15) is 18.3 Å². The van der Waals surface area contributed by atoms with Gasteiger partial charge >= 0.3 is 5.51 Å². The third kappa shape index (κ3) is 3.58. The molecule has 0 aromatic heterocycles. The van der Waals surface area contributed by atoms with Crippen LogP contribution in [0.4, 0.5) is 13.2 Å². The van der Waals surface area contributed by atoms with E-state index >= 15 is 0 Å². The Balaban J connectivity index is 2.98. The van der Waals surface area contributed by atoms with E-state index in [2.05, 4.69) is 0 Å². The third-order valence-electron chi connectivity index (χ3n) is 1.89. The van der Waals surface area contributed by atoms with Crippen LogP contribution in [0.5, 0.6) is 5.75 Å². The van der Waals surface area contributed by atoms with Gasteiger partial charge in [0, 0.05) is 23.0 Å². The summed E-state index contributed by atoms with van der Waals surface area (Å²) in [6, 6.07) is 2.89. The average Bonchev–Trinajstić information content (AvgIpc) is 2.18. The second-order valence-corrected chi connectivity index (χ2v) is 4.25. The van der Waals surface area contributed by atoms with Crippen LogP contribution < -0.4 is 11.5 Å². The number of rotatable bonds is 3. The summed E-state index contributed by atoms with van der Waals surface area (Å²) in [7, 11) is 0. The van der Waals surface area contributed by atoms with Crippen molar-refractivity contribution in [3.63, 3.8) is 0 Å². The molecule has 0 saturated heterocycles. The molecule has 0 radical (unpaired) electrons. The summed E-state index contributed by atoms with van der Waals surface area (Å²) in [6.45, 7) is 0.0493. The fraction of sp³-hybridized carbons (Fsp3) is 0.333. The van der Waals surface area contributed by atoms with Crippen LogP contribution in [0.25, 0.3) is 0 Å². The molecular formula is C9H11F3N2OS. The Morgan fingerprint density at radius 2 is 2.00 bits per heavy atom. The topological polar surface area (TPSA) is 72.3 Å². The normalized spacial score (nSPS) is 13.8. The summed E-state index contributed by atoms with van der Waals surface area (Å²) in [5.74, 6) is -0.149. The van der Waals surface area contributed by atoms with Crippen molar-refractivity contribution in [3.8, 4) is 5.75 Å². The van der Waals surface area contributed by atoms with E-state index in [1.54, 1.807) is 0 Å². The SMILES string of the molecule is NC[C@H](N)c1cc(SC(F)(F)F)ccc1O. The maximum absolute atomic E-state index is 12.1. The molecule has 0 aliphatic carbocycles. The number of hydrogen-bond acceptors (Lipinski definition) is 4. The molecule has 1 aromatic carbocycles. The molecule has 1 atom stereocenters. The molecule has 0 bridgehead atoms. The van der Waals surface area contributed by atoms with Crippen LogP contribution in [0.15, 0.2) is 23.1 Å². The molecule has 90 valence electrons. The van der Waals surface area contributed by atoms with Crippen molar-refractivity contribution in [2.45, 2.75) is 16.4 Å². The largest absolute Gasteiger partial charge is 0.508 e. The van der Waals surface area contributed by atoms with Gasteiger partial charge in [-0.15, -0.1) is 0 Å². The van der Waals surface area contributed by atoms with Crippen LogP contribution in [-0.2, 0) is 0 Å². The Morgan fingerprint density at radius 3 is 2.50 bits per heavy atom. The summed E-state index contributed by atoms with van der Waals surface area (Å²) in [4.78, 5) is -0.0239. The zero-order valence-corrected chi connectivity index (χ0v) is 8.98. The molecule has 7 heteroatoms. The summed E-state index contributed by atoms with van der Waals surface area (Å²) < 4.78 is 36.3. The van der Waals surface area contributed by atoms with Crippen molar-refractivity contribution >= 4 is 11.8 Å². The highest BCUT2D eigenvalue weighted by Gasteiger charge is 2.29. The second-order valence-electron chi connectivity index (χ2n) is 3.11. The van der Waals surface area contributed by atoms with E-state index in [0.29, 0.717) is 0 Å². The number of thioether (sulfide) groups is 1. The van der Waals surface area contributed by atoms with Gasteiger partial charge in [0.25, 0.3) is 0 Å². The van der Waals surface area contributed by atoms with Gasteiger partial charge in [-0.05, 0) is 30.0 Å². The molecule has 0 aliphatic rings. The van der Waals surface area contributed by atoms with Crippen molar-refractivity contribution in [1.29, 1.82) is 0 Å². The summed E-state index contributed by atoms with van der Waals surface area (Å²) >= 11 is -0.256. The smallest absolute Gasteiger partial charge is 0.446 e. The number of aromatic hydroxyl groups is 1. The Bertz CT molecular complexity index is 370. The minimum absolute atomic E-state index is 0.0239. The highest BCUT2D eigenvalue weighted by atomic mass is 32.2. The number of phenols is 1. The maximum Gasteiger partial charge on any atom is 0.446 e. The molecule has 3 nitrogen and oxygen atoms in total. The van der Waals surface area contributed by atoms with E-state index in [1.807, 2.05) is 0 Å². The van der Waals surface area contributed by atoms with Crippen molar-refractivity contribution in [2.75, 3.05) is 6.54 Å². The number of hydrogen-bond donors (Lipinski definition) is 3. The summed E-state index contributed by atoms with van der Waals surface area (Å²) in [5, 5.41) is 9.41. The van der Waals surface area contributed by atoms with Crippen molar-refractivity contribution < 1.29 is 18.3 Å². The quantitative estimate of drug-likeness (QED) is 0.719. The van der Waals surface area contributed by atoms with E-state index in [4.69, 9.17) is 11.5 Å². The molecule has 0 spiro atoms.